The summed E-state index contributed by atoms with van der Waals surface area (Å²) in [6.07, 6.45) is 0. The molecule has 7 heteroatoms. The first-order chi connectivity index (χ1) is 8.90. The normalized spacial score (nSPS) is 15.7. The summed E-state index contributed by atoms with van der Waals surface area (Å²) in [6, 6.07) is 5.78. The fourth-order valence-corrected chi connectivity index (χ4v) is 3.43. The first-order valence-electron chi connectivity index (χ1n) is 6.06. The maximum Gasteiger partial charge on any atom is 0.364 e. The monoisotopic (exact) mass is 302 g/mol. The highest BCUT2D eigenvalue weighted by atomic mass is 32.2. The molecule has 0 aliphatic heterocycles. The van der Waals surface area contributed by atoms with Gasteiger partial charge in [-0.2, -0.15) is 13.6 Å². The Morgan fingerprint density at radius 2 is 1.70 bits per heavy atom. The molecule has 1 unspecified atom stereocenters. The van der Waals surface area contributed by atoms with Crippen molar-refractivity contribution in [2.45, 2.75) is 38.2 Å². The maximum absolute atomic E-state index is 12.5. The summed E-state index contributed by atoms with van der Waals surface area (Å²) < 4.78 is 23.1. The van der Waals surface area contributed by atoms with Crippen LogP contribution in [0.4, 0.5) is 0 Å². The van der Waals surface area contributed by atoms with Gasteiger partial charge in [-0.05, 0) is 37.0 Å². The molecular weight excluding hydrogens is 282 g/mol. The number of quaternary nitrogens is 1. The number of nitrogens with zero attached hydrogens (tertiary/aromatic N) is 1. The second-order valence-electron chi connectivity index (χ2n) is 5.48. The molecule has 1 amide bonds. The Labute approximate surface area is 118 Å². The van der Waals surface area contributed by atoms with Crippen LogP contribution < -0.4 is 0 Å². The number of sulfonamides is 1. The van der Waals surface area contributed by atoms with Crippen LogP contribution in [-0.2, 0) is 14.8 Å². The minimum absolute atomic E-state index is 0.176. The molecule has 0 saturated carbocycles. The Balaban J connectivity index is 3.40. The van der Waals surface area contributed by atoms with Crippen LogP contribution in [0.2, 0.25) is 0 Å². The van der Waals surface area contributed by atoms with Gasteiger partial charge in [-0.25, -0.2) is 4.79 Å². The number of carbonyl (C=O) groups excluding carboxylic acids is 1. The highest BCUT2D eigenvalue weighted by Crippen LogP contribution is 2.25. The van der Waals surface area contributed by atoms with Gasteiger partial charge in [0, 0.05) is 0 Å². The number of hydrogen-bond acceptors (Lipinski definition) is 5. The van der Waals surface area contributed by atoms with E-state index in [1.807, 2.05) is 0 Å². The Kier molecular flexibility index (Phi) is 4.40. The van der Waals surface area contributed by atoms with E-state index in [4.69, 9.17) is 0 Å². The van der Waals surface area contributed by atoms with E-state index in [9.17, 15) is 23.5 Å². The zero-order valence-corrected chi connectivity index (χ0v) is 12.8. The molecule has 0 bridgehead atoms. The quantitative estimate of drug-likeness (QED) is 0.495. The van der Waals surface area contributed by atoms with E-state index >= 15 is 0 Å². The molecule has 1 rings (SSSR count). The van der Waals surface area contributed by atoms with Gasteiger partial charge in [-0.15, -0.1) is 0 Å². The molecule has 0 fully saturated rings. The highest BCUT2D eigenvalue weighted by molar-refractivity contribution is 7.86. The number of carbonyl (C=O) groups is 1. The second kappa shape index (κ2) is 5.25. The van der Waals surface area contributed by atoms with Crippen LogP contribution in [0.5, 0.6) is 0 Å². The zero-order valence-electron chi connectivity index (χ0n) is 12.0. The maximum atomic E-state index is 12.5. The van der Waals surface area contributed by atoms with Gasteiger partial charge in [-0.1, -0.05) is 17.7 Å². The predicted octanol–water partition coefficient (Wildman–Crippen LogP) is 1.21. The summed E-state index contributed by atoms with van der Waals surface area (Å²) >= 11 is 0. The van der Waals surface area contributed by atoms with Crippen molar-refractivity contribution in [3.63, 3.8) is 0 Å². The Hall–Kier alpha value is -1.28. The number of hydrogen-bond donors (Lipinski definition) is 2. The molecule has 0 saturated heterocycles. The minimum atomic E-state index is -4.37. The van der Waals surface area contributed by atoms with Crippen molar-refractivity contribution < 1.29 is 27.6 Å². The number of hydroxylamine groups is 2. The smallest absolute Gasteiger partial charge is 0.364 e. The lowest BCUT2D eigenvalue weighted by molar-refractivity contribution is -0.939. The van der Waals surface area contributed by atoms with Crippen LogP contribution in [0.3, 0.4) is 0 Å². The molecule has 0 aliphatic carbocycles. The van der Waals surface area contributed by atoms with Gasteiger partial charge < -0.3 is 5.11 Å². The van der Waals surface area contributed by atoms with E-state index in [2.05, 4.69) is 0 Å². The first kappa shape index (κ1) is 16.8. The van der Waals surface area contributed by atoms with E-state index < -0.39 is 32.1 Å². The van der Waals surface area contributed by atoms with Crippen molar-refractivity contribution in [3.8, 4) is 0 Å². The third kappa shape index (κ3) is 3.24. The molecule has 0 radical (unpaired) electrons. The van der Waals surface area contributed by atoms with Crippen LogP contribution in [0.15, 0.2) is 29.2 Å². The molecule has 6 nitrogen and oxygen atoms in total. The first-order valence-corrected chi connectivity index (χ1v) is 7.50. The van der Waals surface area contributed by atoms with E-state index in [-0.39, 0.29) is 4.90 Å². The van der Waals surface area contributed by atoms with Gasteiger partial charge in [0.1, 0.15) is 10.5 Å². The van der Waals surface area contributed by atoms with Crippen LogP contribution in [0.25, 0.3) is 0 Å². The lowest BCUT2D eigenvalue weighted by Crippen LogP contribution is -2.58. The molecular formula is C13H20NO5S+. The van der Waals surface area contributed by atoms with Crippen LogP contribution in [0.1, 0.15) is 26.3 Å². The topological polar surface area (TPSA) is 91.7 Å². The van der Waals surface area contributed by atoms with Crippen LogP contribution in [0, 0.1) is 6.92 Å². The van der Waals surface area contributed by atoms with Crippen LogP contribution >= 0.6 is 0 Å². The molecule has 0 aliphatic rings. The molecule has 1 atom stereocenters. The van der Waals surface area contributed by atoms with Gasteiger partial charge in [0.2, 0.25) is 0 Å². The largest absolute Gasteiger partial charge is 0.384 e. The molecule has 0 heterocycles. The van der Waals surface area contributed by atoms with Gasteiger partial charge in [-0.3, -0.25) is 0 Å². The summed E-state index contributed by atoms with van der Waals surface area (Å²) in [7, 11) is -4.37. The Bertz CT molecular complexity index is 601. The summed E-state index contributed by atoms with van der Waals surface area (Å²) in [5.41, 5.74) is -0.677. The number of aryl methyl sites for hydroxylation is 1. The number of amides is 1. The van der Waals surface area contributed by atoms with Crippen molar-refractivity contribution in [3.05, 3.63) is 29.8 Å². The summed E-state index contributed by atoms with van der Waals surface area (Å²) in [5.74, 6) is -0.979. The molecule has 1 aromatic carbocycles. The average molecular weight is 302 g/mol. The Morgan fingerprint density at radius 1 is 1.25 bits per heavy atom. The van der Waals surface area contributed by atoms with Crippen molar-refractivity contribution in [2.75, 3.05) is 6.54 Å². The fraction of sp³-hybridized carbons (Fsp3) is 0.462. The van der Waals surface area contributed by atoms with Gasteiger partial charge in [0.15, 0.2) is 6.54 Å². The van der Waals surface area contributed by atoms with E-state index in [1.54, 1.807) is 19.1 Å². The van der Waals surface area contributed by atoms with E-state index in [1.165, 1.54) is 26.0 Å². The molecule has 2 N–H and O–H groups in total. The highest BCUT2D eigenvalue weighted by Gasteiger charge is 2.51. The van der Waals surface area contributed by atoms with Gasteiger partial charge in [0.25, 0.3) is 0 Å². The summed E-state index contributed by atoms with van der Waals surface area (Å²) in [6.45, 7) is 4.75. The minimum Gasteiger partial charge on any atom is -0.384 e. The summed E-state index contributed by atoms with van der Waals surface area (Å²) in [5, 5.41) is 20.1. The molecule has 0 spiro atoms. The van der Waals surface area contributed by atoms with E-state index in [0.29, 0.717) is 0 Å². The van der Waals surface area contributed by atoms with Gasteiger partial charge >= 0.3 is 15.9 Å². The molecule has 0 aromatic heterocycles. The molecule has 1 aromatic rings. The van der Waals surface area contributed by atoms with Crippen molar-refractivity contribution in [2.24, 2.45) is 0 Å². The molecule has 20 heavy (non-hydrogen) atoms. The standard InChI is InChI=1S/C13H20NO5S/c1-10-5-7-12(8-6-10)20(18,19)14(17,11(2)15)9-13(3,4)16/h5-8,16-17H,9H2,1-4H3/q+1. The van der Waals surface area contributed by atoms with Crippen molar-refractivity contribution in [1.82, 2.24) is 0 Å². The van der Waals surface area contributed by atoms with Crippen LogP contribution in [-0.4, -0.2) is 40.8 Å². The third-order valence-corrected chi connectivity index (χ3v) is 4.86. The number of benzene rings is 1. The lowest BCUT2D eigenvalue weighted by atomic mass is 10.1. The molecule has 112 valence electrons. The average Bonchev–Trinajstić information content (AvgIpc) is 2.26. The predicted molar refractivity (Wildman–Crippen MR) is 72.3 cm³/mol. The summed E-state index contributed by atoms with van der Waals surface area (Å²) in [4.78, 5) is 11.5. The zero-order chi connectivity index (χ0) is 15.8. The van der Waals surface area contributed by atoms with E-state index in [0.717, 1.165) is 12.5 Å². The lowest BCUT2D eigenvalue weighted by Gasteiger charge is -2.30. The van der Waals surface area contributed by atoms with Crippen molar-refractivity contribution in [1.29, 1.82) is 0 Å². The Morgan fingerprint density at radius 3 is 2.05 bits per heavy atom. The SMILES string of the molecule is CC(=O)[N+](O)(CC(C)(C)O)S(=O)(=O)c1ccc(C)cc1. The number of rotatable bonds is 4. The van der Waals surface area contributed by atoms with Gasteiger partial charge in [0.05, 0.1) is 6.92 Å². The number of aliphatic hydroxyl groups is 1. The van der Waals surface area contributed by atoms with Crippen molar-refractivity contribution >= 4 is 15.9 Å². The third-order valence-electron chi connectivity index (χ3n) is 2.81. The second-order valence-corrected chi connectivity index (χ2v) is 7.50. The fourth-order valence-electron chi connectivity index (χ4n) is 1.77.